The first-order valence-corrected chi connectivity index (χ1v) is 16.2. The molecule has 43 heavy (non-hydrogen) atoms. The summed E-state index contributed by atoms with van der Waals surface area (Å²) < 4.78 is 66.7. The van der Waals surface area contributed by atoms with Gasteiger partial charge in [-0.3, -0.25) is 0 Å². The van der Waals surface area contributed by atoms with Gasteiger partial charge in [-0.1, -0.05) is 44.2 Å². The average molecular weight is 619 g/mol. The fraction of sp³-hybridized carbons (Fsp3) is 0.515. The predicted molar refractivity (Wildman–Crippen MR) is 154 cm³/mol. The van der Waals surface area contributed by atoms with E-state index in [1.807, 2.05) is 0 Å². The minimum Gasteiger partial charge on any atom is -0.508 e. The SMILES string of the molecule is C[C@]12CCC(OS(=O)(=O)C(F)(F)F)=CC1=CCC1C2CC[C@@]2(C)C1CC[C@@H]2C(O)(c1ccc(O)cc1)c1ccc(O)cc1. The smallest absolute Gasteiger partial charge is 0.508 e. The van der Waals surface area contributed by atoms with E-state index >= 15 is 0 Å². The number of aliphatic hydroxyl groups is 1. The van der Waals surface area contributed by atoms with Crippen molar-refractivity contribution in [2.24, 2.45) is 34.5 Å². The van der Waals surface area contributed by atoms with Crippen LogP contribution in [0.1, 0.15) is 69.9 Å². The molecule has 0 aromatic heterocycles. The molecule has 0 spiro atoms. The third-order valence-corrected chi connectivity index (χ3v) is 12.4. The Balaban J connectivity index is 1.33. The molecule has 2 saturated carbocycles. The molecule has 6 rings (SSSR count). The molecule has 4 aliphatic rings. The van der Waals surface area contributed by atoms with Crippen molar-refractivity contribution in [2.75, 3.05) is 0 Å². The lowest BCUT2D eigenvalue weighted by Gasteiger charge is -2.58. The molecular formula is C33H37F3O6S. The van der Waals surface area contributed by atoms with Crippen molar-refractivity contribution in [3.05, 3.63) is 83.1 Å². The summed E-state index contributed by atoms with van der Waals surface area (Å²) in [7, 11) is -5.72. The van der Waals surface area contributed by atoms with Crippen LogP contribution in [-0.2, 0) is 19.9 Å². The van der Waals surface area contributed by atoms with Crippen molar-refractivity contribution >= 4 is 10.1 Å². The lowest BCUT2D eigenvalue weighted by atomic mass is 9.47. The molecule has 0 heterocycles. The molecule has 0 saturated heterocycles. The Morgan fingerprint density at radius 3 is 2.00 bits per heavy atom. The fourth-order valence-corrected chi connectivity index (χ4v) is 9.75. The van der Waals surface area contributed by atoms with Crippen molar-refractivity contribution < 1.29 is 41.1 Å². The van der Waals surface area contributed by atoms with Crippen LogP contribution >= 0.6 is 0 Å². The lowest BCUT2D eigenvalue weighted by molar-refractivity contribution is -0.0922. The molecule has 0 bridgehead atoms. The highest BCUT2D eigenvalue weighted by Gasteiger charge is 2.62. The normalized spacial score (nSPS) is 32.6. The molecule has 10 heteroatoms. The van der Waals surface area contributed by atoms with Crippen LogP contribution in [0.15, 0.2) is 72.0 Å². The first-order chi connectivity index (χ1) is 20.1. The molecule has 0 aliphatic heterocycles. The zero-order valence-corrected chi connectivity index (χ0v) is 25.0. The molecule has 2 aromatic carbocycles. The van der Waals surface area contributed by atoms with E-state index in [0.29, 0.717) is 29.4 Å². The molecule has 3 unspecified atom stereocenters. The van der Waals surface area contributed by atoms with E-state index in [1.165, 1.54) is 6.08 Å². The summed E-state index contributed by atoms with van der Waals surface area (Å²) in [4.78, 5) is 0. The van der Waals surface area contributed by atoms with Gasteiger partial charge >= 0.3 is 15.6 Å². The Bertz CT molecular complexity index is 1520. The molecule has 2 aromatic rings. The van der Waals surface area contributed by atoms with Gasteiger partial charge in [0.05, 0.1) is 0 Å². The highest BCUT2D eigenvalue weighted by atomic mass is 32.2. The zero-order valence-electron chi connectivity index (χ0n) is 24.1. The highest BCUT2D eigenvalue weighted by molar-refractivity contribution is 7.87. The Morgan fingerprint density at radius 1 is 0.860 bits per heavy atom. The second-order valence-electron chi connectivity index (χ2n) is 13.3. The van der Waals surface area contributed by atoms with Crippen molar-refractivity contribution in [1.29, 1.82) is 0 Å². The summed E-state index contributed by atoms with van der Waals surface area (Å²) in [5.41, 5.74) is -5.18. The number of allylic oxidation sites excluding steroid dienone is 4. The zero-order chi connectivity index (χ0) is 31.0. The molecule has 0 amide bonds. The Hall–Kier alpha value is -2.98. The summed E-state index contributed by atoms with van der Waals surface area (Å²) in [5.74, 6) is 0.756. The van der Waals surface area contributed by atoms with Gasteiger partial charge in [0, 0.05) is 12.3 Å². The average Bonchev–Trinajstić information content (AvgIpc) is 3.30. The van der Waals surface area contributed by atoms with Crippen LogP contribution in [0.3, 0.4) is 0 Å². The Labute approximate surface area is 250 Å². The quantitative estimate of drug-likeness (QED) is 0.241. The number of phenolic OH excluding ortho intramolecular Hbond substituents is 2. The largest absolute Gasteiger partial charge is 0.534 e. The van der Waals surface area contributed by atoms with Crippen molar-refractivity contribution in [1.82, 2.24) is 0 Å². The van der Waals surface area contributed by atoms with E-state index in [4.69, 9.17) is 0 Å². The van der Waals surface area contributed by atoms with Gasteiger partial charge in [-0.05, 0) is 114 Å². The van der Waals surface area contributed by atoms with Crippen LogP contribution in [0.2, 0.25) is 0 Å². The maximum Gasteiger partial charge on any atom is 0.534 e. The number of benzene rings is 2. The van der Waals surface area contributed by atoms with Crippen LogP contribution in [0, 0.1) is 34.5 Å². The van der Waals surface area contributed by atoms with Crippen LogP contribution in [0.5, 0.6) is 11.5 Å². The highest BCUT2D eigenvalue weighted by Crippen LogP contribution is 2.68. The van der Waals surface area contributed by atoms with E-state index in [-0.39, 0.29) is 46.3 Å². The number of fused-ring (bicyclic) bond motifs is 5. The third-order valence-electron chi connectivity index (χ3n) is 11.4. The number of halogens is 3. The number of aromatic hydroxyl groups is 2. The van der Waals surface area contributed by atoms with Gasteiger partial charge in [-0.15, -0.1) is 0 Å². The first-order valence-electron chi connectivity index (χ1n) is 14.8. The van der Waals surface area contributed by atoms with Crippen molar-refractivity contribution in [3.8, 4) is 11.5 Å². The minimum absolute atomic E-state index is 0.108. The van der Waals surface area contributed by atoms with Gasteiger partial charge in [-0.2, -0.15) is 21.6 Å². The van der Waals surface area contributed by atoms with Gasteiger partial charge in [0.15, 0.2) is 0 Å². The fourth-order valence-electron chi connectivity index (χ4n) is 9.24. The van der Waals surface area contributed by atoms with E-state index < -0.39 is 21.2 Å². The Kier molecular flexibility index (Phi) is 7.01. The lowest BCUT2D eigenvalue weighted by Crippen LogP contribution is -2.52. The van der Waals surface area contributed by atoms with E-state index in [0.717, 1.165) is 37.7 Å². The number of hydrogen-bond donors (Lipinski definition) is 3. The molecule has 3 N–H and O–H groups in total. The number of rotatable bonds is 5. The van der Waals surface area contributed by atoms with E-state index in [9.17, 15) is 36.9 Å². The molecular weight excluding hydrogens is 581 g/mol. The summed E-state index contributed by atoms with van der Waals surface area (Å²) >= 11 is 0. The van der Waals surface area contributed by atoms with Crippen LogP contribution in [0.4, 0.5) is 13.2 Å². The molecule has 4 aliphatic carbocycles. The number of phenols is 2. The molecule has 6 atom stereocenters. The second-order valence-corrected chi connectivity index (χ2v) is 14.9. The summed E-state index contributed by atoms with van der Waals surface area (Å²) in [5, 5.41) is 32.7. The summed E-state index contributed by atoms with van der Waals surface area (Å²) in [6, 6.07) is 13.3. The molecule has 0 radical (unpaired) electrons. The van der Waals surface area contributed by atoms with Crippen LogP contribution < -0.4 is 0 Å². The first kappa shape index (κ1) is 30.1. The molecule has 232 valence electrons. The van der Waals surface area contributed by atoms with Crippen molar-refractivity contribution in [3.63, 3.8) is 0 Å². The molecule has 6 nitrogen and oxygen atoms in total. The van der Waals surface area contributed by atoms with Crippen LogP contribution in [-0.4, -0.2) is 29.2 Å². The van der Waals surface area contributed by atoms with Gasteiger partial charge < -0.3 is 19.5 Å². The topological polar surface area (TPSA) is 104 Å². The van der Waals surface area contributed by atoms with Gasteiger partial charge in [-0.25, -0.2) is 0 Å². The predicted octanol–water partition coefficient (Wildman–Crippen LogP) is 7.27. The summed E-state index contributed by atoms with van der Waals surface area (Å²) in [6.07, 6.45) is 8.29. The third kappa shape index (κ3) is 4.67. The van der Waals surface area contributed by atoms with Gasteiger partial charge in [0.2, 0.25) is 0 Å². The second kappa shape index (κ2) is 10.0. The monoisotopic (exact) mass is 618 g/mol. The van der Waals surface area contributed by atoms with E-state index in [2.05, 4.69) is 24.1 Å². The van der Waals surface area contributed by atoms with Gasteiger partial charge in [0.25, 0.3) is 0 Å². The Morgan fingerprint density at radius 2 is 1.44 bits per heavy atom. The minimum atomic E-state index is -5.72. The van der Waals surface area contributed by atoms with Crippen molar-refractivity contribution in [2.45, 2.75) is 69.9 Å². The number of alkyl halides is 3. The number of hydrogen-bond acceptors (Lipinski definition) is 6. The van der Waals surface area contributed by atoms with Crippen LogP contribution in [0.25, 0.3) is 0 Å². The standard InChI is InChI=1S/C33H37F3O6S/c1-30-17-15-25(42-43(40,41)33(34,35)36)19-22(30)7-12-26-27-13-14-29(31(27,2)18-16-28(26)30)32(39,20-3-8-23(37)9-4-20)21-5-10-24(38)11-6-21/h3-11,19,26-29,37-39H,12-18H2,1-2H3/t26?,27?,28?,29-,30-,31-/m0/s1. The maximum atomic E-state index is 13.0. The van der Waals surface area contributed by atoms with Gasteiger partial charge in [0.1, 0.15) is 22.9 Å². The van der Waals surface area contributed by atoms with E-state index in [1.54, 1.807) is 48.5 Å². The maximum absolute atomic E-state index is 13.0. The molecule has 2 fully saturated rings. The summed E-state index contributed by atoms with van der Waals surface area (Å²) in [6.45, 7) is 4.41.